The van der Waals surface area contributed by atoms with Crippen molar-refractivity contribution >= 4 is 17.0 Å². The molecule has 0 N–H and O–H groups in total. The zero-order valence-corrected chi connectivity index (χ0v) is 17.6. The Hall–Kier alpha value is -3.19. The minimum Gasteiger partial charge on any atom is -0.370 e. The fraction of sp³-hybridized carbons (Fsp3) is 0.348. The summed E-state index contributed by atoms with van der Waals surface area (Å²) in [5, 5.41) is 0. The molecule has 0 bridgehead atoms. The van der Waals surface area contributed by atoms with E-state index >= 15 is 0 Å². The molecule has 0 amide bonds. The topological polar surface area (TPSA) is 58.2 Å². The van der Waals surface area contributed by atoms with E-state index in [2.05, 4.69) is 34.9 Å². The molecule has 0 radical (unpaired) electrons. The minimum absolute atomic E-state index is 0.0677. The van der Waals surface area contributed by atoms with Gasteiger partial charge in [0.25, 0.3) is 5.56 Å². The molecule has 1 aliphatic rings. The summed E-state index contributed by atoms with van der Waals surface area (Å²) in [5.41, 5.74) is 5.08. The number of rotatable bonds is 3. The lowest BCUT2D eigenvalue weighted by atomic mass is 10.0. The van der Waals surface area contributed by atoms with Crippen molar-refractivity contribution in [2.75, 3.05) is 32.1 Å². The van der Waals surface area contributed by atoms with Crippen molar-refractivity contribution in [1.29, 1.82) is 0 Å². The number of anilines is 1. The molecule has 7 heteroatoms. The van der Waals surface area contributed by atoms with Crippen LogP contribution in [0.25, 0.3) is 22.6 Å². The molecule has 1 saturated heterocycles. The van der Waals surface area contributed by atoms with Crippen molar-refractivity contribution in [3.05, 3.63) is 65.0 Å². The molecule has 4 aromatic rings. The number of nitrogens with zero attached hydrogens (tertiary/aromatic N) is 6. The first kappa shape index (κ1) is 18.8. The molecular formula is C23H26N6O. The van der Waals surface area contributed by atoms with E-state index < -0.39 is 0 Å². The Balaban J connectivity index is 1.47. The van der Waals surface area contributed by atoms with E-state index in [9.17, 15) is 4.79 Å². The highest BCUT2D eigenvalue weighted by molar-refractivity contribution is 5.64. The molecule has 5 heterocycles. The molecule has 30 heavy (non-hydrogen) atoms. The molecule has 154 valence electrons. The average Bonchev–Trinajstić information content (AvgIpc) is 3.12. The number of aryl methyl sites for hydroxylation is 1. The van der Waals surface area contributed by atoms with Crippen LogP contribution in [0.5, 0.6) is 0 Å². The summed E-state index contributed by atoms with van der Waals surface area (Å²) in [4.78, 5) is 26.8. The van der Waals surface area contributed by atoms with Crippen molar-refractivity contribution in [2.24, 2.45) is 0 Å². The van der Waals surface area contributed by atoms with Gasteiger partial charge in [0, 0.05) is 49.4 Å². The predicted octanol–water partition coefficient (Wildman–Crippen LogP) is 2.85. The smallest absolute Gasteiger partial charge is 0.258 e. The molecule has 4 aromatic heterocycles. The van der Waals surface area contributed by atoms with Gasteiger partial charge in [0.05, 0.1) is 17.1 Å². The van der Waals surface area contributed by atoms with Crippen LogP contribution in [0.3, 0.4) is 0 Å². The molecule has 5 rings (SSSR count). The lowest BCUT2D eigenvalue weighted by Gasteiger charge is -2.36. The second kappa shape index (κ2) is 7.25. The standard InChI is InChI=1S/C23H26N6O/c1-16-13-28-14-17(4-6-21(28)24-16)20-12-23(30)29-15-19(5-7-22(29)25-20)27-10-8-18(9-11-27)26(2)3/h4-7,12-15,18H,8-11H2,1-3H3. The fourth-order valence-electron chi connectivity index (χ4n) is 4.34. The van der Waals surface area contributed by atoms with Gasteiger partial charge in [-0.1, -0.05) is 0 Å². The van der Waals surface area contributed by atoms with E-state index in [0.717, 1.165) is 48.5 Å². The second-order valence-corrected chi connectivity index (χ2v) is 8.34. The van der Waals surface area contributed by atoms with Crippen LogP contribution in [0.15, 0.2) is 53.7 Å². The van der Waals surface area contributed by atoms with Crippen molar-refractivity contribution in [3.63, 3.8) is 0 Å². The largest absolute Gasteiger partial charge is 0.370 e. The molecule has 0 saturated carbocycles. The van der Waals surface area contributed by atoms with Gasteiger partial charge in [-0.3, -0.25) is 9.20 Å². The molecule has 1 aliphatic heterocycles. The highest BCUT2D eigenvalue weighted by atomic mass is 16.1. The van der Waals surface area contributed by atoms with Crippen LogP contribution in [0.1, 0.15) is 18.5 Å². The highest BCUT2D eigenvalue weighted by Crippen LogP contribution is 2.23. The van der Waals surface area contributed by atoms with Crippen LogP contribution >= 0.6 is 0 Å². The number of pyridine rings is 2. The Bertz CT molecular complexity index is 1280. The van der Waals surface area contributed by atoms with E-state index in [1.54, 1.807) is 10.5 Å². The van der Waals surface area contributed by atoms with E-state index in [-0.39, 0.29) is 5.56 Å². The van der Waals surface area contributed by atoms with Crippen molar-refractivity contribution in [2.45, 2.75) is 25.8 Å². The molecule has 7 nitrogen and oxygen atoms in total. The van der Waals surface area contributed by atoms with Crippen LogP contribution in [0.4, 0.5) is 5.69 Å². The Kier molecular flexibility index (Phi) is 4.55. The molecule has 0 unspecified atom stereocenters. The number of piperidine rings is 1. The third-order valence-electron chi connectivity index (χ3n) is 6.07. The van der Waals surface area contributed by atoms with Crippen LogP contribution in [-0.4, -0.2) is 56.9 Å². The summed E-state index contributed by atoms with van der Waals surface area (Å²) in [7, 11) is 4.29. The van der Waals surface area contributed by atoms with E-state index in [4.69, 9.17) is 4.98 Å². The van der Waals surface area contributed by atoms with Crippen LogP contribution in [0, 0.1) is 6.92 Å². The van der Waals surface area contributed by atoms with Crippen LogP contribution < -0.4 is 10.5 Å². The molecule has 0 aromatic carbocycles. The Morgan fingerprint density at radius 2 is 1.73 bits per heavy atom. The summed E-state index contributed by atoms with van der Waals surface area (Å²) in [5.74, 6) is 0. The zero-order valence-electron chi connectivity index (χ0n) is 17.6. The van der Waals surface area contributed by atoms with Gasteiger partial charge < -0.3 is 14.2 Å². The van der Waals surface area contributed by atoms with E-state index in [1.165, 1.54) is 0 Å². The van der Waals surface area contributed by atoms with Gasteiger partial charge in [0.15, 0.2) is 0 Å². The number of imidazole rings is 1. The SMILES string of the molecule is Cc1cn2cc(-c3cc(=O)n4cc(N5CCC(N(C)C)CC5)ccc4n3)ccc2n1. The molecule has 0 aliphatic carbocycles. The zero-order chi connectivity index (χ0) is 20.8. The Labute approximate surface area is 175 Å². The van der Waals surface area contributed by atoms with Gasteiger partial charge in [-0.05, 0) is 58.1 Å². The predicted molar refractivity (Wildman–Crippen MR) is 119 cm³/mol. The summed E-state index contributed by atoms with van der Waals surface area (Å²) >= 11 is 0. The monoisotopic (exact) mass is 402 g/mol. The summed E-state index contributed by atoms with van der Waals surface area (Å²) in [6, 6.07) is 10.2. The number of aromatic nitrogens is 4. The van der Waals surface area contributed by atoms with Gasteiger partial charge >= 0.3 is 0 Å². The van der Waals surface area contributed by atoms with Crippen LogP contribution in [-0.2, 0) is 0 Å². The maximum atomic E-state index is 12.9. The third-order valence-corrected chi connectivity index (χ3v) is 6.07. The first-order chi connectivity index (χ1) is 14.5. The lowest BCUT2D eigenvalue weighted by Crippen LogP contribution is -2.42. The number of hydrogen-bond donors (Lipinski definition) is 0. The van der Waals surface area contributed by atoms with Crippen molar-refractivity contribution in [1.82, 2.24) is 23.7 Å². The minimum atomic E-state index is -0.0677. The summed E-state index contributed by atoms with van der Waals surface area (Å²) in [6.45, 7) is 3.96. The maximum absolute atomic E-state index is 12.9. The third kappa shape index (κ3) is 3.35. The van der Waals surface area contributed by atoms with Crippen molar-refractivity contribution in [3.8, 4) is 11.3 Å². The Morgan fingerprint density at radius 3 is 2.50 bits per heavy atom. The molecule has 0 spiro atoms. The average molecular weight is 403 g/mol. The maximum Gasteiger partial charge on any atom is 0.258 e. The molecule has 0 atom stereocenters. The van der Waals surface area contributed by atoms with Gasteiger partial charge in [-0.2, -0.15) is 0 Å². The second-order valence-electron chi connectivity index (χ2n) is 8.34. The quantitative estimate of drug-likeness (QED) is 0.527. The lowest BCUT2D eigenvalue weighted by molar-refractivity contribution is 0.249. The van der Waals surface area contributed by atoms with E-state index in [0.29, 0.717) is 17.4 Å². The fourth-order valence-corrected chi connectivity index (χ4v) is 4.34. The van der Waals surface area contributed by atoms with Gasteiger partial charge in [-0.25, -0.2) is 9.97 Å². The summed E-state index contributed by atoms with van der Waals surface area (Å²) in [6.07, 6.45) is 8.13. The number of fused-ring (bicyclic) bond motifs is 2. The molecular weight excluding hydrogens is 376 g/mol. The van der Waals surface area contributed by atoms with Crippen molar-refractivity contribution < 1.29 is 0 Å². The highest BCUT2D eigenvalue weighted by Gasteiger charge is 2.21. The van der Waals surface area contributed by atoms with Gasteiger partial charge in [0.1, 0.15) is 11.3 Å². The summed E-state index contributed by atoms with van der Waals surface area (Å²) < 4.78 is 3.62. The van der Waals surface area contributed by atoms with Gasteiger partial charge in [0.2, 0.25) is 0 Å². The molecule has 1 fully saturated rings. The Morgan fingerprint density at radius 1 is 0.967 bits per heavy atom. The number of hydrogen-bond acceptors (Lipinski definition) is 5. The first-order valence-electron chi connectivity index (χ1n) is 10.4. The van der Waals surface area contributed by atoms with Gasteiger partial charge in [-0.15, -0.1) is 0 Å². The van der Waals surface area contributed by atoms with Crippen LogP contribution in [0.2, 0.25) is 0 Å². The van der Waals surface area contributed by atoms with E-state index in [1.807, 2.05) is 48.1 Å². The first-order valence-corrected chi connectivity index (χ1v) is 10.4. The normalized spacial score (nSPS) is 15.5.